The van der Waals surface area contributed by atoms with E-state index in [1.54, 1.807) is 0 Å². The third-order valence-electron chi connectivity index (χ3n) is 1.32. The number of aliphatic hydroxyl groups excluding tert-OH is 2. The van der Waals surface area contributed by atoms with Crippen molar-refractivity contribution in [2.45, 2.75) is 25.9 Å². The molecule has 0 aliphatic heterocycles. The first kappa shape index (κ1) is 12.2. The SMILES string of the molecule is CCCCOC(=O)OCC(O)CO. The lowest BCUT2D eigenvalue weighted by atomic mass is 10.4. The van der Waals surface area contributed by atoms with Crippen LogP contribution < -0.4 is 0 Å². The molecule has 0 bridgehead atoms. The normalized spacial score (nSPS) is 12.2. The van der Waals surface area contributed by atoms with Crippen molar-refractivity contribution >= 4 is 6.16 Å². The molecule has 2 N–H and O–H groups in total. The highest BCUT2D eigenvalue weighted by molar-refractivity contribution is 5.59. The van der Waals surface area contributed by atoms with E-state index in [2.05, 4.69) is 9.47 Å². The Morgan fingerprint density at radius 2 is 2.15 bits per heavy atom. The molecule has 0 saturated heterocycles. The zero-order valence-electron chi connectivity index (χ0n) is 7.73. The molecule has 0 aromatic heterocycles. The van der Waals surface area contributed by atoms with Crippen LogP contribution >= 0.6 is 0 Å². The topological polar surface area (TPSA) is 76.0 Å². The van der Waals surface area contributed by atoms with Crippen molar-refractivity contribution in [2.75, 3.05) is 19.8 Å². The number of rotatable bonds is 6. The van der Waals surface area contributed by atoms with Crippen LogP contribution in [0, 0.1) is 0 Å². The Morgan fingerprint density at radius 3 is 2.69 bits per heavy atom. The summed E-state index contributed by atoms with van der Waals surface area (Å²) in [4.78, 5) is 10.7. The van der Waals surface area contributed by atoms with Crippen LogP contribution in [0.3, 0.4) is 0 Å². The third-order valence-corrected chi connectivity index (χ3v) is 1.32. The zero-order chi connectivity index (χ0) is 10.1. The summed E-state index contributed by atoms with van der Waals surface area (Å²) in [5.74, 6) is 0. The van der Waals surface area contributed by atoms with Gasteiger partial charge < -0.3 is 19.7 Å². The van der Waals surface area contributed by atoms with Crippen LogP contribution in [0.25, 0.3) is 0 Å². The summed E-state index contributed by atoms with van der Waals surface area (Å²) >= 11 is 0. The molecule has 1 unspecified atom stereocenters. The fraction of sp³-hybridized carbons (Fsp3) is 0.875. The zero-order valence-corrected chi connectivity index (χ0v) is 7.73. The third kappa shape index (κ3) is 7.55. The van der Waals surface area contributed by atoms with Crippen LogP contribution in [0.1, 0.15) is 19.8 Å². The molecule has 0 spiro atoms. The van der Waals surface area contributed by atoms with Gasteiger partial charge in [0.25, 0.3) is 0 Å². The quantitative estimate of drug-likeness (QED) is 0.467. The molecule has 0 aliphatic rings. The second-order valence-electron chi connectivity index (χ2n) is 2.60. The number of carbonyl (C=O) groups is 1. The van der Waals surface area contributed by atoms with E-state index in [0.29, 0.717) is 6.61 Å². The summed E-state index contributed by atoms with van der Waals surface area (Å²) in [7, 11) is 0. The molecule has 13 heavy (non-hydrogen) atoms. The average molecular weight is 192 g/mol. The molecule has 0 fully saturated rings. The molecule has 0 rings (SSSR count). The van der Waals surface area contributed by atoms with Crippen molar-refractivity contribution in [3.8, 4) is 0 Å². The fourth-order valence-corrected chi connectivity index (χ4v) is 0.558. The smallest absolute Gasteiger partial charge is 0.434 e. The van der Waals surface area contributed by atoms with Gasteiger partial charge in [-0.15, -0.1) is 0 Å². The van der Waals surface area contributed by atoms with Crippen LogP contribution in [0.2, 0.25) is 0 Å². The molecular formula is C8H16O5. The largest absolute Gasteiger partial charge is 0.508 e. The number of ether oxygens (including phenoxy) is 2. The highest BCUT2D eigenvalue weighted by Gasteiger charge is 2.07. The standard InChI is InChI=1S/C8H16O5/c1-2-3-4-12-8(11)13-6-7(10)5-9/h7,9-10H,2-6H2,1H3. The first-order valence-corrected chi connectivity index (χ1v) is 4.29. The number of carbonyl (C=O) groups excluding carboxylic acids is 1. The highest BCUT2D eigenvalue weighted by atomic mass is 16.7. The maximum absolute atomic E-state index is 10.7. The van der Waals surface area contributed by atoms with Gasteiger partial charge in [0, 0.05) is 0 Å². The lowest BCUT2D eigenvalue weighted by molar-refractivity contribution is 0.000508. The number of aliphatic hydroxyl groups is 2. The van der Waals surface area contributed by atoms with Gasteiger partial charge in [0.2, 0.25) is 0 Å². The van der Waals surface area contributed by atoms with Crippen LogP contribution in [0.5, 0.6) is 0 Å². The summed E-state index contributed by atoms with van der Waals surface area (Å²) in [6.45, 7) is 1.64. The fourth-order valence-electron chi connectivity index (χ4n) is 0.558. The van der Waals surface area contributed by atoms with Crippen LogP contribution in [-0.4, -0.2) is 42.3 Å². The van der Waals surface area contributed by atoms with E-state index in [0.717, 1.165) is 12.8 Å². The first-order valence-electron chi connectivity index (χ1n) is 4.29. The lowest BCUT2D eigenvalue weighted by Crippen LogP contribution is -2.22. The van der Waals surface area contributed by atoms with Gasteiger partial charge >= 0.3 is 6.16 Å². The molecule has 0 aromatic rings. The van der Waals surface area contributed by atoms with Gasteiger partial charge in [-0.25, -0.2) is 4.79 Å². The molecule has 0 aromatic carbocycles. The first-order chi connectivity index (χ1) is 6.20. The van der Waals surface area contributed by atoms with Crippen molar-refractivity contribution in [3.63, 3.8) is 0 Å². The molecule has 0 saturated carbocycles. The van der Waals surface area contributed by atoms with Gasteiger partial charge in [-0.2, -0.15) is 0 Å². The summed E-state index contributed by atoms with van der Waals surface area (Å²) in [6.07, 6.45) is -0.107. The minimum atomic E-state index is -1.03. The number of hydrogen-bond acceptors (Lipinski definition) is 5. The monoisotopic (exact) mass is 192 g/mol. The van der Waals surface area contributed by atoms with E-state index in [1.165, 1.54) is 0 Å². The van der Waals surface area contributed by atoms with Crippen LogP contribution in [0.4, 0.5) is 4.79 Å². The average Bonchev–Trinajstić information content (AvgIpc) is 2.14. The molecule has 1 atom stereocenters. The van der Waals surface area contributed by atoms with E-state index in [1.807, 2.05) is 6.92 Å². The van der Waals surface area contributed by atoms with Crippen LogP contribution in [0.15, 0.2) is 0 Å². The predicted molar refractivity (Wildman–Crippen MR) is 45.3 cm³/mol. The van der Waals surface area contributed by atoms with Gasteiger partial charge in [0.1, 0.15) is 12.7 Å². The number of unbranched alkanes of at least 4 members (excludes halogenated alkanes) is 1. The van der Waals surface area contributed by atoms with Crippen molar-refractivity contribution in [1.82, 2.24) is 0 Å². The maximum Gasteiger partial charge on any atom is 0.508 e. The second-order valence-corrected chi connectivity index (χ2v) is 2.60. The Kier molecular flexibility index (Phi) is 7.33. The molecular weight excluding hydrogens is 176 g/mol. The van der Waals surface area contributed by atoms with Gasteiger partial charge in [0.15, 0.2) is 0 Å². The van der Waals surface area contributed by atoms with Gasteiger partial charge in [-0.3, -0.25) is 0 Å². The van der Waals surface area contributed by atoms with E-state index in [9.17, 15) is 4.79 Å². The Hall–Kier alpha value is -0.810. The minimum Gasteiger partial charge on any atom is -0.434 e. The van der Waals surface area contributed by atoms with Crippen LogP contribution in [-0.2, 0) is 9.47 Å². The van der Waals surface area contributed by atoms with Gasteiger partial charge in [-0.05, 0) is 6.42 Å². The van der Waals surface area contributed by atoms with Gasteiger partial charge in [0.05, 0.1) is 13.2 Å². The maximum atomic E-state index is 10.7. The van der Waals surface area contributed by atoms with Crippen molar-refractivity contribution < 1.29 is 24.5 Å². The summed E-state index contributed by atoms with van der Waals surface area (Å²) in [5, 5.41) is 17.2. The molecule has 78 valence electrons. The van der Waals surface area contributed by atoms with E-state index < -0.39 is 18.9 Å². The molecule has 0 heterocycles. The van der Waals surface area contributed by atoms with E-state index in [4.69, 9.17) is 10.2 Å². The Bertz CT molecular complexity index is 136. The van der Waals surface area contributed by atoms with Crippen molar-refractivity contribution in [3.05, 3.63) is 0 Å². The van der Waals surface area contributed by atoms with Gasteiger partial charge in [-0.1, -0.05) is 13.3 Å². The Morgan fingerprint density at radius 1 is 1.46 bits per heavy atom. The Balaban J connectivity index is 3.30. The van der Waals surface area contributed by atoms with E-state index >= 15 is 0 Å². The van der Waals surface area contributed by atoms with Crippen molar-refractivity contribution in [1.29, 1.82) is 0 Å². The summed E-state index contributed by atoms with van der Waals surface area (Å²) in [5.41, 5.74) is 0. The highest BCUT2D eigenvalue weighted by Crippen LogP contribution is 1.92. The number of hydrogen-bond donors (Lipinski definition) is 2. The molecule has 5 nitrogen and oxygen atoms in total. The summed E-state index contributed by atoms with van der Waals surface area (Å²) in [6, 6.07) is 0. The van der Waals surface area contributed by atoms with Crippen molar-refractivity contribution in [2.24, 2.45) is 0 Å². The second kappa shape index (κ2) is 7.82. The molecule has 0 amide bonds. The predicted octanol–water partition coefficient (Wildman–Crippen LogP) is 0.293. The van der Waals surface area contributed by atoms with E-state index in [-0.39, 0.29) is 6.61 Å². The molecule has 5 heteroatoms. The Labute approximate surface area is 77.3 Å². The lowest BCUT2D eigenvalue weighted by Gasteiger charge is -2.08. The molecule has 0 aliphatic carbocycles. The molecule has 0 radical (unpaired) electrons. The summed E-state index contributed by atoms with van der Waals surface area (Å²) < 4.78 is 9.09. The minimum absolute atomic E-state index is 0.235.